The summed E-state index contributed by atoms with van der Waals surface area (Å²) < 4.78 is 46.6. The molecule has 1 saturated heterocycles. The molecule has 1 aliphatic rings. The van der Waals surface area contributed by atoms with Crippen molar-refractivity contribution in [1.82, 2.24) is 4.72 Å². The fraction of sp³-hybridized carbons (Fsp3) is 0.278. The monoisotopic (exact) mass is 412 g/mol. The highest BCUT2D eigenvalue weighted by Gasteiger charge is 2.23. The maximum Gasteiger partial charge on any atom is 0.255 e. The van der Waals surface area contributed by atoms with Crippen LogP contribution in [0, 0.1) is 5.82 Å². The molecule has 3 rings (SSSR count). The lowest BCUT2D eigenvalue weighted by molar-refractivity contribution is 0.102. The van der Waals surface area contributed by atoms with Crippen LogP contribution in [-0.2, 0) is 14.8 Å². The van der Waals surface area contributed by atoms with Crippen LogP contribution < -0.4 is 10.0 Å². The molecule has 0 aromatic heterocycles. The Morgan fingerprint density at radius 2 is 2.04 bits per heavy atom. The molecular formula is C18H18ClFN2O4S. The first kappa shape index (κ1) is 19.8. The molecule has 1 amide bonds. The van der Waals surface area contributed by atoms with Crippen LogP contribution in [0.4, 0.5) is 10.1 Å². The van der Waals surface area contributed by atoms with Gasteiger partial charge in [0, 0.05) is 18.7 Å². The molecule has 2 aromatic rings. The SMILES string of the molecule is O=C(Nc1ccccc1F)c1ccc(Cl)c(S(=O)(=O)NCC2CCCO2)c1. The largest absolute Gasteiger partial charge is 0.377 e. The van der Waals surface area contributed by atoms with E-state index in [0.717, 1.165) is 18.9 Å². The molecule has 27 heavy (non-hydrogen) atoms. The van der Waals surface area contributed by atoms with Crippen LogP contribution in [0.2, 0.25) is 5.02 Å². The maximum absolute atomic E-state index is 13.7. The Kier molecular flexibility index (Phi) is 6.11. The van der Waals surface area contributed by atoms with E-state index in [-0.39, 0.29) is 33.8 Å². The number of hydrogen-bond donors (Lipinski definition) is 2. The minimum absolute atomic E-state index is 0.00151. The Hall–Kier alpha value is -2.00. The fourth-order valence-electron chi connectivity index (χ4n) is 2.69. The summed E-state index contributed by atoms with van der Waals surface area (Å²) in [6.45, 7) is 0.739. The number of halogens is 2. The van der Waals surface area contributed by atoms with Gasteiger partial charge in [-0.15, -0.1) is 0 Å². The Labute approximate surface area is 161 Å². The van der Waals surface area contributed by atoms with E-state index in [1.807, 2.05) is 0 Å². The first-order chi connectivity index (χ1) is 12.9. The molecule has 0 spiro atoms. The average Bonchev–Trinajstić information content (AvgIpc) is 3.16. The second kappa shape index (κ2) is 8.35. The molecule has 1 aliphatic heterocycles. The van der Waals surface area contributed by atoms with Gasteiger partial charge in [0.2, 0.25) is 10.0 Å². The number of carbonyl (C=O) groups is 1. The van der Waals surface area contributed by atoms with Crippen molar-refractivity contribution in [3.63, 3.8) is 0 Å². The minimum atomic E-state index is -3.93. The van der Waals surface area contributed by atoms with Gasteiger partial charge in [-0.1, -0.05) is 23.7 Å². The first-order valence-electron chi connectivity index (χ1n) is 8.33. The number of sulfonamides is 1. The zero-order valence-electron chi connectivity index (χ0n) is 14.2. The quantitative estimate of drug-likeness (QED) is 0.763. The maximum atomic E-state index is 13.7. The smallest absolute Gasteiger partial charge is 0.255 e. The third kappa shape index (κ3) is 4.84. The molecule has 1 unspecified atom stereocenters. The van der Waals surface area contributed by atoms with Gasteiger partial charge in [-0.3, -0.25) is 4.79 Å². The van der Waals surface area contributed by atoms with Crippen LogP contribution in [0.25, 0.3) is 0 Å². The summed E-state index contributed by atoms with van der Waals surface area (Å²) in [5.74, 6) is -1.24. The fourth-order valence-corrected chi connectivity index (χ4v) is 4.28. The van der Waals surface area contributed by atoms with Crippen molar-refractivity contribution >= 4 is 33.2 Å². The highest BCUT2D eigenvalue weighted by molar-refractivity contribution is 7.89. The number of nitrogens with one attached hydrogen (secondary N) is 2. The van der Waals surface area contributed by atoms with E-state index in [9.17, 15) is 17.6 Å². The molecule has 0 radical (unpaired) electrons. The number of amides is 1. The Morgan fingerprint density at radius 3 is 2.74 bits per heavy atom. The van der Waals surface area contributed by atoms with E-state index in [1.165, 1.54) is 30.3 Å². The number of rotatable bonds is 6. The highest BCUT2D eigenvalue weighted by atomic mass is 35.5. The lowest BCUT2D eigenvalue weighted by atomic mass is 10.2. The summed E-state index contributed by atoms with van der Waals surface area (Å²) in [5, 5.41) is 2.39. The predicted molar refractivity (Wildman–Crippen MR) is 100.0 cm³/mol. The van der Waals surface area contributed by atoms with Gasteiger partial charge in [-0.2, -0.15) is 0 Å². The first-order valence-corrected chi connectivity index (χ1v) is 10.2. The standard InChI is InChI=1S/C18H18ClFN2O4S/c19-14-8-7-12(18(23)22-16-6-2-1-5-15(16)20)10-17(14)27(24,25)21-11-13-4-3-9-26-13/h1-2,5-8,10,13,21H,3-4,9,11H2,(H,22,23). The second-order valence-corrected chi connectivity index (χ2v) is 8.21. The van der Waals surface area contributed by atoms with Crippen molar-refractivity contribution in [3.8, 4) is 0 Å². The summed E-state index contributed by atoms with van der Waals surface area (Å²) in [6.07, 6.45) is 1.49. The van der Waals surface area contributed by atoms with Crippen molar-refractivity contribution in [2.75, 3.05) is 18.5 Å². The van der Waals surface area contributed by atoms with Crippen LogP contribution in [0.1, 0.15) is 23.2 Å². The third-order valence-electron chi connectivity index (χ3n) is 4.13. The molecule has 0 saturated carbocycles. The van der Waals surface area contributed by atoms with Gasteiger partial charge in [0.1, 0.15) is 10.7 Å². The van der Waals surface area contributed by atoms with Gasteiger partial charge < -0.3 is 10.1 Å². The number of para-hydroxylation sites is 1. The van der Waals surface area contributed by atoms with Gasteiger partial charge in [0.15, 0.2) is 0 Å². The summed E-state index contributed by atoms with van der Waals surface area (Å²) in [4.78, 5) is 12.1. The molecule has 0 bridgehead atoms. The van der Waals surface area contributed by atoms with Crippen molar-refractivity contribution in [2.24, 2.45) is 0 Å². The van der Waals surface area contributed by atoms with E-state index in [0.29, 0.717) is 6.61 Å². The molecule has 1 heterocycles. The van der Waals surface area contributed by atoms with Crippen LogP contribution in [0.5, 0.6) is 0 Å². The van der Waals surface area contributed by atoms with Gasteiger partial charge in [-0.25, -0.2) is 17.5 Å². The Balaban J connectivity index is 1.78. The van der Waals surface area contributed by atoms with E-state index in [2.05, 4.69) is 10.0 Å². The van der Waals surface area contributed by atoms with E-state index in [1.54, 1.807) is 6.07 Å². The summed E-state index contributed by atoms with van der Waals surface area (Å²) in [6, 6.07) is 9.54. The molecular weight excluding hydrogens is 395 g/mol. The van der Waals surface area contributed by atoms with Crippen LogP contribution in [-0.4, -0.2) is 33.6 Å². The number of benzene rings is 2. The van der Waals surface area contributed by atoms with Crippen molar-refractivity contribution in [3.05, 3.63) is 58.9 Å². The number of ether oxygens (including phenoxy) is 1. The van der Waals surface area contributed by atoms with E-state index in [4.69, 9.17) is 16.3 Å². The van der Waals surface area contributed by atoms with Crippen molar-refractivity contribution < 1.29 is 22.3 Å². The van der Waals surface area contributed by atoms with Crippen LogP contribution >= 0.6 is 11.6 Å². The summed E-state index contributed by atoms with van der Waals surface area (Å²) >= 11 is 6.02. The summed E-state index contributed by atoms with van der Waals surface area (Å²) in [5.41, 5.74) is 0.0403. The van der Waals surface area contributed by atoms with Crippen molar-refractivity contribution in [2.45, 2.75) is 23.8 Å². The number of anilines is 1. The molecule has 0 aliphatic carbocycles. The van der Waals surface area contributed by atoms with Gasteiger partial charge >= 0.3 is 0 Å². The normalized spacial score (nSPS) is 17.0. The number of hydrogen-bond acceptors (Lipinski definition) is 4. The lowest BCUT2D eigenvalue weighted by Crippen LogP contribution is -2.32. The lowest BCUT2D eigenvalue weighted by Gasteiger charge is -2.13. The zero-order chi connectivity index (χ0) is 19.4. The average molecular weight is 413 g/mol. The van der Waals surface area contributed by atoms with E-state index < -0.39 is 21.7 Å². The highest BCUT2D eigenvalue weighted by Crippen LogP contribution is 2.24. The molecule has 9 heteroatoms. The minimum Gasteiger partial charge on any atom is -0.377 e. The van der Waals surface area contributed by atoms with E-state index >= 15 is 0 Å². The second-order valence-electron chi connectivity index (χ2n) is 6.07. The Morgan fingerprint density at radius 1 is 1.26 bits per heavy atom. The zero-order valence-corrected chi connectivity index (χ0v) is 15.8. The topological polar surface area (TPSA) is 84.5 Å². The van der Waals surface area contributed by atoms with Crippen molar-refractivity contribution in [1.29, 1.82) is 0 Å². The molecule has 2 N–H and O–H groups in total. The van der Waals surface area contributed by atoms with Gasteiger partial charge in [-0.05, 0) is 43.2 Å². The predicted octanol–water partition coefficient (Wildman–Crippen LogP) is 3.19. The van der Waals surface area contributed by atoms with Gasteiger partial charge in [0.25, 0.3) is 5.91 Å². The molecule has 144 valence electrons. The molecule has 2 aromatic carbocycles. The molecule has 6 nitrogen and oxygen atoms in total. The number of carbonyl (C=O) groups excluding carboxylic acids is 1. The van der Waals surface area contributed by atoms with Crippen LogP contribution in [0.15, 0.2) is 47.4 Å². The molecule has 1 fully saturated rings. The van der Waals surface area contributed by atoms with Crippen LogP contribution in [0.3, 0.4) is 0 Å². The molecule has 1 atom stereocenters. The third-order valence-corrected chi connectivity index (χ3v) is 6.04. The summed E-state index contributed by atoms with van der Waals surface area (Å²) in [7, 11) is -3.93. The Bertz CT molecular complexity index is 946. The van der Waals surface area contributed by atoms with Gasteiger partial charge in [0.05, 0.1) is 16.8 Å².